The van der Waals surface area contributed by atoms with Gasteiger partial charge in [-0.2, -0.15) is 0 Å². The van der Waals surface area contributed by atoms with Crippen LogP contribution in [0.15, 0.2) is 66.7 Å². The molecule has 3 aromatic carbocycles. The first kappa shape index (κ1) is 23.6. The number of nitrogens with zero attached hydrogens (tertiary/aromatic N) is 2. The van der Waals surface area contributed by atoms with E-state index in [0.717, 1.165) is 28.0 Å². The Bertz CT molecular complexity index is 1300. The zero-order valence-electron chi connectivity index (χ0n) is 19.5. The van der Waals surface area contributed by atoms with E-state index in [9.17, 15) is 4.79 Å². The molecule has 6 nitrogen and oxygen atoms in total. The molecule has 0 saturated carbocycles. The number of carbonyl (C=O) groups is 1. The van der Waals surface area contributed by atoms with Gasteiger partial charge in [0.05, 0.1) is 25.3 Å². The van der Waals surface area contributed by atoms with E-state index in [0.29, 0.717) is 35.9 Å². The van der Waals surface area contributed by atoms with Crippen molar-refractivity contribution < 1.29 is 14.3 Å². The second-order valence-electron chi connectivity index (χ2n) is 8.10. The van der Waals surface area contributed by atoms with Gasteiger partial charge in [0.25, 0.3) is 0 Å². The smallest absolute Gasteiger partial charge is 0.242 e. The van der Waals surface area contributed by atoms with E-state index < -0.39 is 6.04 Å². The molecule has 1 atom stereocenters. The molecule has 4 rings (SSSR count). The molecule has 4 aromatic rings. The second kappa shape index (κ2) is 10.6. The van der Waals surface area contributed by atoms with Gasteiger partial charge in [0.2, 0.25) is 5.91 Å². The summed E-state index contributed by atoms with van der Waals surface area (Å²) in [4.78, 5) is 18.0. The number of para-hydroxylation sites is 2. The van der Waals surface area contributed by atoms with Gasteiger partial charge in [-0.1, -0.05) is 41.9 Å². The molecule has 0 fully saturated rings. The fourth-order valence-electron chi connectivity index (χ4n) is 4.11. The van der Waals surface area contributed by atoms with Crippen molar-refractivity contribution in [3.63, 3.8) is 0 Å². The molecule has 0 aliphatic carbocycles. The molecule has 1 amide bonds. The lowest BCUT2D eigenvalue weighted by molar-refractivity contribution is -0.123. The van der Waals surface area contributed by atoms with Crippen LogP contribution in [-0.2, 0) is 17.6 Å². The normalized spacial score (nSPS) is 11.9. The van der Waals surface area contributed by atoms with Crippen molar-refractivity contribution in [1.82, 2.24) is 14.9 Å². The molecule has 1 heterocycles. The minimum Gasteiger partial charge on any atom is -0.493 e. The summed E-state index contributed by atoms with van der Waals surface area (Å²) in [5, 5.41) is 3.75. The number of nitrogens with one attached hydrogen (secondary N) is 1. The number of halogens is 1. The number of carbonyl (C=O) groups excluding carboxylic acids is 1. The zero-order chi connectivity index (χ0) is 24.1. The molecule has 1 unspecified atom stereocenters. The summed E-state index contributed by atoms with van der Waals surface area (Å²) in [6, 6.07) is 21.0. The molecule has 0 radical (unpaired) electrons. The Balaban J connectivity index is 1.50. The highest BCUT2D eigenvalue weighted by Crippen LogP contribution is 2.28. The van der Waals surface area contributed by atoms with E-state index in [-0.39, 0.29) is 5.91 Å². The van der Waals surface area contributed by atoms with E-state index >= 15 is 0 Å². The molecule has 0 spiro atoms. The minimum atomic E-state index is -0.424. The van der Waals surface area contributed by atoms with Crippen LogP contribution in [0.2, 0.25) is 5.02 Å². The summed E-state index contributed by atoms with van der Waals surface area (Å²) in [6.07, 6.45) is 1.26. The Morgan fingerprint density at radius 2 is 1.79 bits per heavy atom. The van der Waals surface area contributed by atoms with Gasteiger partial charge in [-0.15, -0.1) is 0 Å². The quantitative estimate of drug-likeness (QED) is 0.359. The molecule has 34 heavy (non-hydrogen) atoms. The maximum absolute atomic E-state index is 13.1. The number of hydrogen-bond donors (Lipinski definition) is 1. The lowest BCUT2D eigenvalue weighted by Crippen LogP contribution is -2.33. The Morgan fingerprint density at radius 3 is 2.56 bits per heavy atom. The standard InChI is InChI=1S/C27H28ClN3O3/c1-18(27(32)29-14-13-19-11-12-24(33-2)25(16-19)34-3)31-23-10-5-4-9-22(23)30-26(31)17-20-7-6-8-21(28)15-20/h4-12,15-16,18H,13-14,17H2,1-3H3,(H,29,32). The lowest BCUT2D eigenvalue weighted by atomic mass is 10.1. The van der Waals surface area contributed by atoms with Crippen LogP contribution in [0.1, 0.15) is 29.9 Å². The summed E-state index contributed by atoms with van der Waals surface area (Å²) >= 11 is 6.18. The Morgan fingerprint density at radius 1 is 1.00 bits per heavy atom. The van der Waals surface area contributed by atoms with Gasteiger partial charge in [0.15, 0.2) is 11.5 Å². The largest absolute Gasteiger partial charge is 0.493 e. The van der Waals surface area contributed by atoms with Gasteiger partial charge in [0, 0.05) is 18.0 Å². The van der Waals surface area contributed by atoms with Crippen molar-refractivity contribution in [3.05, 3.63) is 88.7 Å². The van der Waals surface area contributed by atoms with Crippen molar-refractivity contribution in [2.75, 3.05) is 20.8 Å². The van der Waals surface area contributed by atoms with Gasteiger partial charge < -0.3 is 19.4 Å². The van der Waals surface area contributed by atoms with Crippen molar-refractivity contribution in [2.45, 2.75) is 25.8 Å². The summed E-state index contributed by atoms with van der Waals surface area (Å²) in [6.45, 7) is 2.41. The topological polar surface area (TPSA) is 65.4 Å². The van der Waals surface area contributed by atoms with Gasteiger partial charge in [0.1, 0.15) is 11.9 Å². The molecule has 0 bridgehead atoms. The van der Waals surface area contributed by atoms with E-state index in [4.69, 9.17) is 26.1 Å². The van der Waals surface area contributed by atoms with Crippen LogP contribution in [0.3, 0.4) is 0 Å². The third-order valence-corrected chi connectivity index (χ3v) is 6.08. The number of ether oxygens (including phenoxy) is 2. The third-order valence-electron chi connectivity index (χ3n) is 5.85. The molecule has 1 aromatic heterocycles. The van der Waals surface area contributed by atoms with Crippen molar-refractivity contribution in [1.29, 1.82) is 0 Å². The summed E-state index contributed by atoms with van der Waals surface area (Å²) in [5.41, 5.74) is 3.90. The fourth-order valence-corrected chi connectivity index (χ4v) is 4.32. The number of hydrogen-bond acceptors (Lipinski definition) is 4. The van der Waals surface area contributed by atoms with Crippen LogP contribution < -0.4 is 14.8 Å². The number of aromatic nitrogens is 2. The first-order valence-electron chi connectivity index (χ1n) is 11.2. The lowest BCUT2D eigenvalue weighted by Gasteiger charge is -2.18. The SMILES string of the molecule is COc1ccc(CCNC(=O)C(C)n2c(Cc3cccc(Cl)c3)nc3ccccc32)cc1OC. The minimum absolute atomic E-state index is 0.0593. The number of imidazole rings is 1. The number of fused-ring (bicyclic) bond motifs is 1. The van der Waals surface area contributed by atoms with Crippen LogP contribution >= 0.6 is 11.6 Å². The van der Waals surface area contributed by atoms with Crippen molar-refractivity contribution in [2.24, 2.45) is 0 Å². The maximum atomic E-state index is 13.1. The predicted molar refractivity (Wildman–Crippen MR) is 135 cm³/mol. The first-order chi connectivity index (χ1) is 16.5. The summed E-state index contributed by atoms with van der Waals surface area (Å²) in [7, 11) is 3.22. The van der Waals surface area contributed by atoms with E-state index in [1.54, 1.807) is 14.2 Å². The second-order valence-corrected chi connectivity index (χ2v) is 8.54. The number of rotatable bonds is 9. The van der Waals surface area contributed by atoms with Crippen LogP contribution in [0.4, 0.5) is 0 Å². The average molecular weight is 478 g/mol. The van der Waals surface area contributed by atoms with E-state index in [2.05, 4.69) is 5.32 Å². The molecule has 0 aliphatic rings. The van der Waals surface area contributed by atoms with Crippen molar-refractivity contribution >= 4 is 28.5 Å². The molecule has 7 heteroatoms. The molecular weight excluding hydrogens is 450 g/mol. The Labute approximate surface area is 204 Å². The number of methoxy groups -OCH3 is 2. The van der Waals surface area contributed by atoms with Crippen LogP contribution in [0.5, 0.6) is 11.5 Å². The maximum Gasteiger partial charge on any atom is 0.242 e. The highest BCUT2D eigenvalue weighted by molar-refractivity contribution is 6.30. The van der Waals surface area contributed by atoms with Crippen LogP contribution in [0.25, 0.3) is 11.0 Å². The summed E-state index contributed by atoms with van der Waals surface area (Å²) < 4.78 is 12.7. The number of benzene rings is 3. The highest BCUT2D eigenvalue weighted by Gasteiger charge is 2.21. The van der Waals surface area contributed by atoms with Crippen molar-refractivity contribution in [3.8, 4) is 11.5 Å². The van der Waals surface area contributed by atoms with E-state index in [1.807, 2.05) is 78.2 Å². The van der Waals surface area contributed by atoms with E-state index in [1.165, 1.54) is 0 Å². The molecule has 0 saturated heterocycles. The van der Waals surface area contributed by atoms with Crippen LogP contribution in [0, 0.1) is 0 Å². The highest BCUT2D eigenvalue weighted by atomic mass is 35.5. The zero-order valence-corrected chi connectivity index (χ0v) is 20.3. The third kappa shape index (κ3) is 5.18. The average Bonchev–Trinajstić information content (AvgIpc) is 3.21. The fraction of sp³-hybridized carbons (Fsp3) is 0.259. The Kier molecular flexibility index (Phi) is 7.38. The Hall–Kier alpha value is -3.51. The van der Waals surface area contributed by atoms with Crippen LogP contribution in [-0.4, -0.2) is 36.2 Å². The van der Waals surface area contributed by atoms with Gasteiger partial charge in [-0.3, -0.25) is 4.79 Å². The molecule has 0 aliphatic heterocycles. The summed E-state index contributed by atoms with van der Waals surface area (Å²) in [5.74, 6) is 2.13. The molecule has 176 valence electrons. The van der Waals surface area contributed by atoms with Gasteiger partial charge in [-0.25, -0.2) is 4.98 Å². The van der Waals surface area contributed by atoms with Gasteiger partial charge >= 0.3 is 0 Å². The van der Waals surface area contributed by atoms with Gasteiger partial charge in [-0.05, 0) is 60.9 Å². The monoisotopic (exact) mass is 477 g/mol. The first-order valence-corrected chi connectivity index (χ1v) is 11.6. The molecule has 1 N–H and O–H groups in total. The number of amides is 1. The molecular formula is C27H28ClN3O3. The predicted octanol–water partition coefficient (Wildman–Crippen LogP) is 5.22.